The summed E-state index contributed by atoms with van der Waals surface area (Å²) in [6, 6.07) is 0. The van der Waals surface area contributed by atoms with E-state index in [1.807, 2.05) is 0 Å². The average molecular weight is 149 g/mol. The molecular formula is C9H20LiN. The molecule has 0 atom stereocenters. The molecule has 0 bridgehead atoms. The van der Waals surface area contributed by atoms with E-state index in [1.54, 1.807) is 0 Å². The van der Waals surface area contributed by atoms with E-state index < -0.39 is 0 Å². The van der Waals surface area contributed by atoms with Gasteiger partial charge < -0.3 is 5.73 Å². The van der Waals surface area contributed by atoms with Gasteiger partial charge in [0, 0.05) is 0 Å². The third kappa shape index (κ3) is 3.19. The van der Waals surface area contributed by atoms with Crippen LogP contribution >= 0.6 is 0 Å². The second-order valence-electron chi connectivity index (χ2n) is 3.70. The Morgan fingerprint density at radius 3 is 1.36 bits per heavy atom. The molecule has 0 aliphatic rings. The molecule has 0 aliphatic heterocycles. The zero-order valence-corrected chi connectivity index (χ0v) is 8.86. The fourth-order valence-corrected chi connectivity index (χ4v) is 1.48. The first-order valence-corrected chi connectivity index (χ1v) is 4.20. The summed E-state index contributed by atoms with van der Waals surface area (Å²) in [5.74, 6) is 0.940. The molecule has 0 aromatic heterocycles. The molecule has 0 aromatic rings. The van der Waals surface area contributed by atoms with Crippen molar-refractivity contribution in [1.82, 2.24) is 0 Å². The van der Waals surface area contributed by atoms with E-state index in [-0.39, 0.29) is 24.4 Å². The Balaban J connectivity index is 0. The van der Waals surface area contributed by atoms with Gasteiger partial charge in [0.05, 0.1) is 0 Å². The van der Waals surface area contributed by atoms with Crippen molar-refractivity contribution in [1.29, 1.82) is 0 Å². The van der Waals surface area contributed by atoms with Crippen molar-refractivity contribution in [3.8, 4) is 0 Å². The van der Waals surface area contributed by atoms with Crippen LogP contribution in [0.5, 0.6) is 0 Å². The Morgan fingerprint density at radius 1 is 1.09 bits per heavy atom. The summed E-state index contributed by atoms with van der Waals surface area (Å²) < 4.78 is 0. The molecule has 62 valence electrons. The molecule has 0 aromatic carbocycles. The van der Waals surface area contributed by atoms with Crippen molar-refractivity contribution >= 4 is 0 Å². The van der Waals surface area contributed by atoms with E-state index in [2.05, 4.69) is 34.6 Å². The Morgan fingerprint density at radius 2 is 1.36 bits per heavy atom. The summed E-state index contributed by atoms with van der Waals surface area (Å²) in [5, 5.41) is 0. The summed E-state index contributed by atoms with van der Waals surface area (Å²) in [5.41, 5.74) is 7.87. The third-order valence-corrected chi connectivity index (χ3v) is 2.65. The van der Waals surface area contributed by atoms with Gasteiger partial charge in [0.15, 0.2) is 0 Å². The van der Waals surface area contributed by atoms with Crippen LogP contribution in [0.1, 0.15) is 41.0 Å². The van der Waals surface area contributed by atoms with Gasteiger partial charge in [0.25, 0.3) is 0 Å². The van der Waals surface area contributed by atoms with Gasteiger partial charge in [-0.1, -0.05) is 52.9 Å². The van der Waals surface area contributed by atoms with E-state index in [9.17, 15) is 0 Å². The van der Waals surface area contributed by atoms with Gasteiger partial charge in [-0.05, 0) is 0 Å². The Labute approximate surface area is 83.3 Å². The molecule has 0 spiro atoms. The van der Waals surface area contributed by atoms with Crippen molar-refractivity contribution < 1.29 is 18.9 Å². The maximum Gasteiger partial charge on any atom is 1.00 e. The normalized spacial score (nSPS) is 12.0. The van der Waals surface area contributed by atoms with Crippen molar-refractivity contribution in [2.45, 2.75) is 46.6 Å². The van der Waals surface area contributed by atoms with E-state index >= 15 is 0 Å². The number of hydrogen-bond donors (Lipinski definition) is 0. The second-order valence-corrected chi connectivity index (χ2v) is 3.70. The van der Waals surface area contributed by atoms with Crippen LogP contribution < -0.4 is 18.9 Å². The minimum Gasteiger partial charge on any atom is -0.671 e. The summed E-state index contributed by atoms with van der Waals surface area (Å²) >= 11 is 0. The molecule has 0 radical (unpaired) electrons. The SMILES string of the molecule is CCC([NH-])(C(C)C)C(C)C.[Li+]. The molecule has 0 unspecified atom stereocenters. The molecule has 0 amide bonds. The van der Waals surface area contributed by atoms with E-state index in [0.29, 0.717) is 11.8 Å². The Kier molecular flexibility index (Phi) is 6.73. The first-order valence-electron chi connectivity index (χ1n) is 4.20. The van der Waals surface area contributed by atoms with Gasteiger partial charge in [-0.3, -0.25) is 0 Å². The molecule has 11 heavy (non-hydrogen) atoms. The van der Waals surface area contributed by atoms with Crippen LogP contribution in [0.4, 0.5) is 0 Å². The van der Waals surface area contributed by atoms with Crippen LogP contribution in [-0.2, 0) is 0 Å². The standard InChI is InChI=1S/C9H20N.Li/c1-6-9(10,7(2)3)8(4)5;/h7-8,10H,6H2,1-5H3;/q-1;+1. The second kappa shape index (κ2) is 5.25. The molecule has 0 rings (SSSR count). The van der Waals surface area contributed by atoms with Crippen LogP contribution in [0.15, 0.2) is 0 Å². The molecule has 1 nitrogen and oxygen atoms in total. The first kappa shape index (κ1) is 14.1. The fourth-order valence-electron chi connectivity index (χ4n) is 1.48. The minimum absolute atomic E-state index is 0. The maximum atomic E-state index is 8.08. The maximum absolute atomic E-state index is 8.08. The predicted octanol–water partition coefficient (Wildman–Crippen LogP) is 0.503. The minimum atomic E-state index is -0.208. The van der Waals surface area contributed by atoms with Crippen molar-refractivity contribution in [3.05, 3.63) is 5.73 Å². The van der Waals surface area contributed by atoms with E-state index in [4.69, 9.17) is 5.73 Å². The van der Waals surface area contributed by atoms with Crippen LogP contribution in [-0.4, -0.2) is 5.54 Å². The molecule has 0 saturated heterocycles. The van der Waals surface area contributed by atoms with Gasteiger partial charge in [0.2, 0.25) is 0 Å². The number of hydrogen-bond acceptors (Lipinski definition) is 0. The fraction of sp³-hybridized carbons (Fsp3) is 1.00. The first-order chi connectivity index (χ1) is 4.45. The molecule has 0 saturated carbocycles. The van der Waals surface area contributed by atoms with Crippen LogP contribution in [0.3, 0.4) is 0 Å². The summed E-state index contributed by atoms with van der Waals surface area (Å²) in [7, 11) is 0. The smallest absolute Gasteiger partial charge is 0.671 e. The van der Waals surface area contributed by atoms with Crippen LogP contribution in [0.25, 0.3) is 5.73 Å². The predicted molar refractivity (Wildman–Crippen MR) is 47.0 cm³/mol. The Hall–Kier alpha value is 0.557. The summed E-state index contributed by atoms with van der Waals surface area (Å²) in [6.45, 7) is 10.6. The van der Waals surface area contributed by atoms with Crippen molar-refractivity contribution in [2.75, 3.05) is 0 Å². The van der Waals surface area contributed by atoms with Crippen LogP contribution in [0, 0.1) is 11.8 Å². The van der Waals surface area contributed by atoms with Gasteiger partial charge in [-0.2, -0.15) is 0 Å². The largest absolute Gasteiger partial charge is 1.00 e. The topological polar surface area (TPSA) is 23.8 Å². The molecule has 2 heteroatoms. The Bertz CT molecular complexity index is 91.7. The zero-order chi connectivity index (χ0) is 8.36. The van der Waals surface area contributed by atoms with Gasteiger partial charge >= 0.3 is 18.9 Å². The molecular weight excluding hydrogens is 129 g/mol. The quantitative estimate of drug-likeness (QED) is 0.522. The zero-order valence-electron chi connectivity index (χ0n) is 8.86. The van der Waals surface area contributed by atoms with Gasteiger partial charge in [-0.25, -0.2) is 0 Å². The number of nitrogens with one attached hydrogen (secondary N) is 1. The van der Waals surface area contributed by atoms with Crippen molar-refractivity contribution in [2.24, 2.45) is 11.8 Å². The van der Waals surface area contributed by atoms with Crippen molar-refractivity contribution in [3.63, 3.8) is 0 Å². The molecule has 0 fully saturated rings. The summed E-state index contributed by atoms with van der Waals surface area (Å²) in [4.78, 5) is 0. The van der Waals surface area contributed by atoms with E-state index in [1.165, 1.54) is 0 Å². The van der Waals surface area contributed by atoms with E-state index in [0.717, 1.165) is 6.42 Å². The molecule has 0 heterocycles. The third-order valence-electron chi connectivity index (χ3n) is 2.65. The van der Waals surface area contributed by atoms with Gasteiger partial charge in [0.1, 0.15) is 0 Å². The summed E-state index contributed by atoms with van der Waals surface area (Å²) in [6.07, 6.45) is 0.961. The average Bonchev–Trinajstić information content (AvgIpc) is 1.85. The van der Waals surface area contributed by atoms with Gasteiger partial charge in [-0.15, -0.1) is 5.54 Å². The van der Waals surface area contributed by atoms with Crippen LogP contribution in [0.2, 0.25) is 0 Å². The molecule has 0 aliphatic carbocycles. The monoisotopic (exact) mass is 149 g/mol. The molecule has 1 N–H and O–H groups in total. The number of rotatable bonds is 3.